The van der Waals surface area contributed by atoms with Crippen LogP contribution in [0.25, 0.3) is 10.2 Å². The van der Waals surface area contributed by atoms with Crippen molar-refractivity contribution in [2.75, 3.05) is 32.1 Å². The summed E-state index contributed by atoms with van der Waals surface area (Å²) in [5.74, 6) is -0.110. The summed E-state index contributed by atoms with van der Waals surface area (Å²) in [6.45, 7) is 1.45. The Labute approximate surface area is 179 Å². The van der Waals surface area contributed by atoms with Gasteiger partial charge in [-0.05, 0) is 57.4 Å². The fraction of sp³-hybridized carbons (Fsp3) is 0.263. The highest BCUT2D eigenvalue weighted by atomic mass is 35.5. The third kappa shape index (κ3) is 5.33. The van der Waals surface area contributed by atoms with E-state index < -0.39 is 0 Å². The average Bonchev–Trinajstić information content (AvgIpc) is 3.03. The van der Waals surface area contributed by atoms with Gasteiger partial charge in [-0.15, -0.1) is 12.4 Å². The number of anilines is 1. The fourth-order valence-corrected chi connectivity index (χ4v) is 4.11. The molecule has 1 heterocycles. The molecule has 4 nitrogen and oxygen atoms in total. The van der Waals surface area contributed by atoms with E-state index in [4.69, 9.17) is 23.2 Å². The number of thiazole rings is 1. The molecule has 0 saturated heterocycles. The number of benzene rings is 2. The number of amides is 1. The third-order valence-electron chi connectivity index (χ3n) is 3.89. The number of rotatable bonds is 6. The molecule has 0 radical (unpaired) electrons. The largest absolute Gasteiger partial charge is 0.309 e. The summed E-state index contributed by atoms with van der Waals surface area (Å²) >= 11 is 13.8. The monoisotopic (exact) mass is 443 g/mol. The lowest BCUT2D eigenvalue weighted by Gasteiger charge is -2.21. The summed E-state index contributed by atoms with van der Waals surface area (Å²) in [4.78, 5) is 21.6. The third-order valence-corrected chi connectivity index (χ3v) is 5.48. The normalized spacial score (nSPS) is 10.9. The predicted octanol–water partition coefficient (Wildman–Crippen LogP) is 5.62. The molecule has 0 fully saturated rings. The first-order valence-electron chi connectivity index (χ1n) is 8.23. The molecule has 1 amide bonds. The van der Waals surface area contributed by atoms with Crippen LogP contribution in [0.2, 0.25) is 10.0 Å². The maximum absolute atomic E-state index is 13.1. The molecular weight excluding hydrogens is 425 g/mol. The van der Waals surface area contributed by atoms with Gasteiger partial charge in [0.2, 0.25) is 0 Å². The zero-order valence-electron chi connectivity index (χ0n) is 15.0. The van der Waals surface area contributed by atoms with Crippen LogP contribution < -0.4 is 4.90 Å². The van der Waals surface area contributed by atoms with Crippen molar-refractivity contribution in [3.63, 3.8) is 0 Å². The molecule has 8 heteroatoms. The van der Waals surface area contributed by atoms with Gasteiger partial charge in [0.05, 0.1) is 9.72 Å². The fourth-order valence-electron chi connectivity index (χ4n) is 2.63. The van der Waals surface area contributed by atoms with Crippen LogP contribution in [0.3, 0.4) is 0 Å². The van der Waals surface area contributed by atoms with Crippen LogP contribution in [-0.4, -0.2) is 43.0 Å². The lowest BCUT2D eigenvalue weighted by atomic mass is 10.2. The van der Waals surface area contributed by atoms with Crippen LogP contribution in [0.5, 0.6) is 0 Å². The minimum absolute atomic E-state index is 0. The van der Waals surface area contributed by atoms with Gasteiger partial charge in [0.1, 0.15) is 5.52 Å². The first-order valence-corrected chi connectivity index (χ1v) is 9.80. The van der Waals surface area contributed by atoms with Crippen molar-refractivity contribution in [1.82, 2.24) is 9.88 Å². The SMILES string of the molecule is CN(C)CCCN(C(=O)c1cccc(Cl)c1)c1nc2c(Cl)cccc2s1.Cl. The van der Waals surface area contributed by atoms with E-state index in [0.29, 0.717) is 27.3 Å². The number of carbonyl (C=O) groups excluding carboxylic acids is 1. The van der Waals surface area contributed by atoms with Gasteiger partial charge in [0.25, 0.3) is 5.91 Å². The molecule has 144 valence electrons. The highest BCUT2D eigenvalue weighted by molar-refractivity contribution is 7.22. The van der Waals surface area contributed by atoms with Gasteiger partial charge < -0.3 is 4.90 Å². The lowest BCUT2D eigenvalue weighted by Crippen LogP contribution is -2.33. The topological polar surface area (TPSA) is 36.4 Å². The maximum atomic E-state index is 13.1. The van der Waals surface area contributed by atoms with Crippen LogP contribution in [0, 0.1) is 0 Å². The zero-order valence-corrected chi connectivity index (χ0v) is 18.1. The van der Waals surface area contributed by atoms with E-state index in [2.05, 4.69) is 9.88 Å². The quantitative estimate of drug-likeness (QED) is 0.495. The second-order valence-electron chi connectivity index (χ2n) is 6.21. The Bertz CT molecular complexity index is 929. The Kier molecular flexibility index (Phi) is 7.89. The van der Waals surface area contributed by atoms with Gasteiger partial charge in [0, 0.05) is 17.1 Å². The summed E-state index contributed by atoms with van der Waals surface area (Å²) in [5, 5.41) is 1.78. The van der Waals surface area contributed by atoms with E-state index in [1.54, 1.807) is 29.2 Å². The molecule has 3 aromatic rings. The highest BCUT2D eigenvalue weighted by Gasteiger charge is 2.22. The van der Waals surface area contributed by atoms with Gasteiger partial charge in [0.15, 0.2) is 5.13 Å². The van der Waals surface area contributed by atoms with E-state index in [0.717, 1.165) is 23.2 Å². The number of hydrogen-bond donors (Lipinski definition) is 0. The van der Waals surface area contributed by atoms with Crippen LogP contribution in [0.1, 0.15) is 16.8 Å². The molecule has 27 heavy (non-hydrogen) atoms. The maximum Gasteiger partial charge on any atom is 0.260 e. The molecule has 0 aliphatic rings. The van der Waals surface area contributed by atoms with Gasteiger partial charge in [-0.25, -0.2) is 4.98 Å². The van der Waals surface area contributed by atoms with Crippen molar-refractivity contribution < 1.29 is 4.79 Å². The van der Waals surface area contributed by atoms with Crippen LogP contribution in [-0.2, 0) is 0 Å². The number of hydrogen-bond acceptors (Lipinski definition) is 4. The predicted molar refractivity (Wildman–Crippen MR) is 118 cm³/mol. The Balaban J connectivity index is 0.00000261. The van der Waals surface area contributed by atoms with Gasteiger partial charge in [-0.2, -0.15) is 0 Å². The van der Waals surface area contributed by atoms with Gasteiger partial charge >= 0.3 is 0 Å². The minimum atomic E-state index is -0.110. The minimum Gasteiger partial charge on any atom is -0.309 e. The molecule has 0 aliphatic heterocycles. The molecule has 0 bridgehead atoms. The van der Waals surface area contributed by atoms with E-state index >= 15 is 0 Å². The molecule has 0 aliphatic carbocycles. The molecule has 0 spiro atoms. The summed E-state index contributed by atoms with van der Waals surface area (Å²) in [5.41, 5.74) is 1.28. The number of carbonyl (C=O) groups is 1. The van der Waals surface area contributed by atoms with E-state index in [9.17, 15) is 4.79 Å². The van der Waals surface area contributed by atoms with Crippen molar-refractivity contribution in [2.45, 2.75) is 6.42 Å². The first kappa shape index (κ1) is 21.9. The average molecular weight is 445 g/mol. The van der Waals surface area contributed by atoms with Crippen molar-refractivity contribution in [3.8, 4) is 0 Å². The second-order valence-corrected chi connectivity index (χ2v) is 8.06. The number of nitrogens with zero attached hydrogens (tertiary/aromatic N) is 3. The van der Waals surface area contributed by atoms with Crippen molar-refractivity contribution in [1.29, 1.82) is 0 Å². The van der Waals surface area contributed by atoms with Gasteiger partial charge in [-0.3, -0.25) is 9.69 Å². The Morgan fingerprint density at radius 1 is 1.11 bits per heavy atom. The highest BCUT2D eigenvalue weighted by Crippen LogP contribution is 2.33. The van der Waals surface area contributed by atoms with E-state index in [-0.39, 0.29) is 18.3 Å². The van der Waals surface area contributed by atoms with Crippen molar-refractivity contribution in [3.05, 3.63) is 58.1 Å². The number of fused-ring (bicyclic) bond motifs is 1. The second kappa shape index (κ2) is 9.71. The first-order chi connectivity index (χ1) is 12.5. The van der Waals surface area contributed by atoms with Crippen LogP contribution in [0.15, 0.2) is 42.5 Å². The molecule has 0 N–H and O–H groups in total. The van der Waals surface area contributed by atoms with Crippen LogP contribution >= 0.6 is 46.9 Å². The Morgan fingerprint density at radius 3 is 2.52 bits per heavy atom. The summed E-state index contributed by atoms with van der Waals surface area (Å²) in [6.07, 6.45) is 0.836. The summed E-state index contributed by atoms with van der Waals surface area (Å²) in [6, 6.07) is 12.7. The van der Waals surface area contributed by atoms with Crippen molar-refractivity contribution in [2.24, 2.45) is 0 Å². The van der Waals surface area contributed by atoms with E-state index in [1.807, 2.05) is 32.3 Å². The molecule has 2 aromatic carbocycles. The number of para-hydroxylation sites is 1. The van der Waals surface area contributed by atoms with E-state index in [1.165, 1.54) is 11.3 Å². The van der Waals surface area contributed by atoms with Crippen LogP contribution in [0.4, 0.5) is 5.13 Å². The molecule has 3 rings (SSSR count). The number of aromatic nitrogens is 1. The smallest absolute Gasteiger partial charge is 0.260 e. The number of halogens is 3. The molecule has 1 aromatic heterocycles. The Hall–Kier alpha value is -1.37. The summed E-state index contributed by atoms with van der Waals surface area (Å²) in [7, 11) is 4.03. The Morgan fingerprint density at radius 2 is 1.85 bits per heavy atom. The molecular formula is C19H20Cl3N3OS. The lowest BCUT2D eigenvalue weighted by molar-refractivity contribution is 0.0986. The molecule has 0 saturated carbocycles. The summed E-state index contributed by atoms with van der Waals surface area (Å²) < 4.78 is 0.962. The zero-order chi connectivity index (χ0) is 18.7. The molecule has 0 atom stereocenters. The van der Waals surface area contributed by atoms with Crippen molar-refractivity contribution >= 4 is 68.2 Å². The van der Waals surface area contributed by atoms with Gasteiger partial charge in [-0.1, -0.05) is 46.7 Å². The molecule has 0 unspecified atom stereocenters. The standard InChI is InChI=1S/C19H19Cl2N3OS.ClH/c1-23(2)10-5-11-24(18(25)13-6-3-7-14(20)12-13)19-22-17-15(21)8-4-9-16(17)26-19;/h3-4,6-9,12H,5,10-11H2,1-2H3;1H.